The lowest BCUT2D eigenvalue weighted by Crippen LogP contribution is -2.08. The van der Waals surface area contributed by atoms with Gasteiger partial charge in [0.05, 0.1) is 22.1 Å². The Morgan fingerprint density at radius 3 is 2.28 bits per heavy atom. The van der Waals surface area contributed by atoms with Gasteiger partial charge in [0.2, 0.25) is 5.78 Å². The second-order valence-electron chi connectivity index (χ2n) is 5.09. The van der Waals surface area contributed by atoms with Crippen LogP contribution in [-0.2, 0) is 0 Å². The standard InChI is InChI=1S/C18H10Cl4N2O/c19-12-3-1-11(2-4-12)18(25)16(24-8-7-23-10-24)9-13-14(20)5-6-15(21)17(13)22/h1-10H. The number of aromatic nitrogens is 2. The molecule has 0 aliphatic rings. The highest BCUT2D eigenvalue weighted by Crippen LogP contribution is 2.34. The van der Waals surface area contributed by atoms with Gasteiger partial charge in [-0.05, 0) is 42.5 Å². The van der Waals surface area contributed by atoms with E-state index in [9.17, 15) is 4.79 Å². The zero-order valence-corrected chi connectivity index (χ0v) is 15.6. The molecule has 7 heteroatoms. The van der Waals surface area contributed by atoms with Gasteiger partial charge < -0.3 is 4.57 Å². The molecule has 0 saturated heterocycles. The summed E-state index contributed by atoms with van der Waals surface area (Å²) in [4.78, 5) is 17.0. The van der Waals surface area contributed by atoms with Crippen LogP contribution in [-0.4, -0.2) is 15.3 Å². The van der Waals surface area contributed by atoms with Gasteiger partial charge in [0.25, 0.3) is 0 Å². The van der Waals surface area contributed by atoms with Crippen LogP contribution in [0.1, 0.15) is 15.9 Å². The molecule has 25 heavy (non-hydrogen) atoms. The first-order chi connectivity index (χ1) is 12.0. The quantitative estimate of drug-likeness (QED) is 0.283. The average Bonchev–Trinajstić information content (AvgIpc) is 3.13. The van der Waals surface area contributed by atoms with Gasteiger partial charge in [0.15, 0.2) is 0 Å². The van der Waals surface area contributed by atoms with Gasteiger partial charge >= 0.3 is 0 Å². The van der Waals surface area contributed by atoms with Crippen molar-refractivity contribution in [1.29, 1.82) is 0 Å². The molecule has 0 amide bonds. The molecular formula is C18H10Cl4N2O. The van der Waals surface area contributed by atoms with Crippen molar-refractivity contribution in [3.63, 3.8) is 0 Å². The smallest absolute Gasteiger partial charge is 0.209 e. The highest BCUT2D eigenvalue weighted by atomic mass is 35.5. The topological polar surface area (TPSA) is 34.9 Å². The number of carbonyl (C=O) groups is 1. The van der Waals surface area contributed by atoms with Crippen molar-refractivity contribution >= 4 is 64.0 Å². The molecule has 0 N–H and O–H groups in total. The van der Waals surface area contributed by atoms with Crippen molar-refractivity contribution in [1.82, 2.24) is 9.55 Å². The summed E-state index contributed by atoms with van der Waals surface area (Å²) >= 11 is 24.5. The minimum Gasteiger partial charge on any atom is -0.303 e. The molecule has 0 saturated carbocycles. The van der Waals surface area contributed by atoms with Crippen molar-refractivity contribution in [2.45, 2.75) is 0 Å². The third-order valence-corrected chi connectivity index (χ3v) is 4.88. The zero-order chi connectivity index (χ0) is 18.0. The van der Waals surface area contributed by atoms with Crippen LogP contribution in [0.4, 0.5) is 0 Å². The van der Waals surface area contributed by atoms with E-state index in [1.54, 1.807) is 59.4 Å². The molecule has 3 nitrogen and oxygen atoms in total. The summed E-state index contributed by atoms with van der Waals surface area (Å²) in [5.41, 5.74) is 1.26. The molecule has 0 fully saturated rings. The molecule has 0 aliphatic heterocycles. The molecule has 0 bridgehead atoms. The molecule has 1 aromatic heterocycles. The van der Waals surface area contributed by atoms with Gasteiger partial charge in [-0.2, -0.15) is 0 Å². The Morgan fingerprint density at radius 1 is 0.960 bits per heavy atom. The molecule has 126 valence electrons. The minimum atomic E-state index is -0.234. The monoisotopic (exact) mass is 410 g/mol. The number of halogens is 4. The maximum absolute atomic E-state index is 13.0. The molecule has 3 rings (SSSR count). The van der Waals surface area contributed by atoms with Gasteiger partial charge in [0, 0.05) is 33.6 Å². The number of allylic oxidation sites excluding steroid dienone is 1. The van der Waals surface area contributed by atoms with Crippen molar-refractivity contribution in [3.8, 4) is 0 Å². The molecule has 1 heterocycles. The van der Waals surface area contributed by atoms with Gasteiger partial charge in [-0.25, -0.2) is 4.98 Å². The summed E-state index contributed by atoms with van der Waals surface area (Å²) in [6.07, 6.45) is 6.34. The molecule has 0 unspecified atom stereocenters. The van der Waals surface area contributed by atoms with Gasteiger partial charge in [0.1, 0.15) is 0 Å². The first kappa shape index (κ1) is 18.0. The van der Waals surface area contributed by atoms with Crippen LogP contribution in [0.3, 0.4) is 0 Å². The Morgan fingerprint density at radius 2 is 1.64 bits per heavy atom. The van der Waals surface area contributed by atoms with Crippen LogP contribution in [0.5, 0.6) is 0 Å². The maximum atomic E-state index is 13.0. The maximum Gasteiger partial charge on any atom is 0.209 e. The fraction of sp³-hybridized carbons (Fsp3) is 0. The van der Waals surface area contributed by atoms with Crippen molar-refractivity contribution in [2.24, 2.45) is 0 Å². The number of Topliss-reactive ketones (excluding diaryl/α,β-unsaturated/α-hetero) is 1. The summed E-state index contributed by atoms with van der Waals surface area (Å²) in [6, 6.07) is 9.83. The van der Waals surface area contributed by atoms with E-state index in [1.807, 2.05) is 0 Å². The van der Waals surface area contributed by atoms with Crippen LogP contribution in [0.2, 0.25) is 20.1 Å². The van der Waals surface area contributed by atoms with Crippen LogP contribution in [0.25, 0.3) is 11.8 Å². The predicted octanol–water partition coefficient (Wildman–Crippen LogP) is 6.38. The lowest BCUT2D eigenvalue weighted by atomic mass is 10.1. The fourth-order valence-electron chi connectivity index (χ4n) is 2.22. The van der Waals surface area contributed by atoms with E-state index in [0.717, 1.165) is 0 Å². The number of hydrogen-bond acceptors (Lipinski definition) is 2. The first-order valence-electron chi connectivity index (χ1n) is 7.11. The fourth-order valence-corrected chi connectivity index (χ4v) is 2.99. The number of rotatable bonds is 4. The molecule has 0 radical (unpaired) electrons. The lowest BCUT2D eigenvalue weighted by molar-refractivity contribution is 0.105. The van der Waals surface area contributed by atoms with Gasteiger partial charge in [-0.15, -0.1) is 0 Å². The zero-order valence-electron chi connectivity index (χ0n) is 12.6. The second-order valence-corrected chi connectivity index (χ2v) is 6.72. The Balaban J connectivity index is 2.16. The molecular weight excluding hydrogens is 402 g/mol. The van der Waals surface area contributed by atoms with E-state index in [0.29, 0.717) is 31.9 Å². The Labute approximate surface area is 164 Å². The number of imidazole rings is 1. The van der Waals surface area contributed by atoms with Crippen LogP contribution < -0.4 is 0 Å². The van der Waals surface area contributed by atoms with Gasteiger partial charge in [-0.3, -0.25) is 4.79 Å². The van der Waals surface area contributed by atoms with E-state index in [4.69, 9.17) is 46.4 Å². The molecule has 0 spiro atoms. The van der Waals surface area contributed by atoms with E-state index in [2.05, 4.69) is 4.98 Å². The molecule has 0 aliphatic carbocycles. The average molecular weight is 412 g/mol. The lowest BCUT2D eigenvalue weighted by Gasteiger charge is -2.10. The second kappa shape index (κ2) is 7.63. The normalized spacial score (nSPS) is 11.6. The summed E-state index contributed by atoms with van der Waals surface area (Å²) in [6.45, 7) is 0. The van der Waals surface area contributed by atoms with Crippen LogP contribution in [0, 0.1) is 0 Å². The summed E-state index contributed by atoms with van der Waals surface area (Å²) in [5.74, 6) is -0.234. The van der Waals surface area contributed by atoms with Gasteiger partial charge in [-0.1, -0.05) is 46.4 Å². The molecule has 3 aromatic rings. The van der Waals surface area contributed by atoms with Crippen molar-refractivity contribution < 1.29 is 4.79 Å². The SMILES string of the molecule is O=C(C(=Cc1c(Cl)ccc(Cl)c1Cl)n1ccnc1)c1ccc(Cl)cc1. The Bertz CT molecular complexity index is 948. The summed E-state index contributed by atoms with van der Waals surface area (Å²) < 4.78 is 1.59. The molecule has 2 aromatic carbocycles. The van der Waals surface area contributed by atoms with Crippen LogP contribution >= 0.6 is 46.4 Å². The van der Waals surface area contributed by atoms with E-state index >= 15 is 0 Å². The van der Waals surface area contributed by atoms with Crippen LogP contribution in [0.15, 0.2) is 55.1 Å². The van der Waals surface area contributed by atoms with Crippen molar-refractivity contribution in [2.75, 3.05) is 0 Å². The third kappa shape index (κ3) is 3.91. The number of benzene rings is 2. The summed E-state index contributed by atoms with van der Waals surface area (Å²) in [5, 5.41) is 1.55. The summed E-state index contributed by atoms with van der Waals surface area (Å²) in [7, 11) is 0. The van der Waals surface area contributed by atoms with E-state index in [-0.39, 0.29) is 10.8 Å². The largest absolute Gasteiger partial charge is 0.303 e. The first-order valence-corrected chi connectivity index (χ1v) is 8.62. The van der Waals surface area contributed by atoms with E-state index < -0.39 is 0 Å². The third-order valence-electron chi connectivity index (χ3n) is 3.48. The Kier molecular flexibility index (Phi) is 5.50. The number of carbonyl (C=O) groups excluding carboxylic acids is 1. The van der Waals surface area contributed by atoms with Crippen molar-refractivity contribution in [3.05, 3.63) is 86.3 Å². The van der Waals surface area contributed by atoms with E-state index in [1.165, 1.54) is 6.33 Å². The molecule has 0 atom stereocenters. The Hall–Kier alpha value is -1.78. The predicted molar refractivity (Wildman–Crippen MR) is 104 cm³/mol. The highest BCUT2D eigenvalue weighted by molar-refractivity contribution is 6.45. The minimum absolute atomic E-state index is 0.234. The number of hydrogen-bond donors (Lipinski definition) is 0. The highest BCUT2D eigenvalue weighted by Gasteiger charge is 2.17. The number of ketones is 1. The number of nitrogens with zero attached hydrogens (tertiary/aromatic N) is 2.